The Kier molecular flexibility index (Phi) is 8.44. The summed E-state index contributed by atoms with van der Waals surface area (Å²) in [7, 11) is 4.76. The lowest BCUT2D eigenvalue weighted by Crippen LogP contribution is -2.45. The van der Waals surface area contributed by atoms with E-state index in [2.05, 4.69) is 14.8 Å². The number of hydrogen-bond donors (Lipinski definition) is 2. The molecular weight excluding hydrogens is 456 g/mol. The van der Waals surface area contributed by atoms with Gasteiger partial charge in [0.2, 0.25) is 5.75 Å². The molecular formula is C23H30N6O6. The zero-order chi connectivity index (χ0) is 25.5. The van der Waals surface area contributed by atoms with Gasteiger partial charge in [0.25, 0.3) is 11.6 Å². The molecule has 188 valence electrons. The first-order valence-corrected chi connectivity index (χ1v) is 10.9. The Labute approximate surface area is 203 Å². The minimum absolute atomic E-state index is 0.116. The van der Waals surface area contributed by atoms with Crippen molar-refractivity contribution in [2.45, 2.75) is 13.1 Å². The van der Waals surface area contributed by atoms with E-state index < -0.39 is 16.8 Å². The van der Waals surface area contributed by atoms with E-state index in [9.17, 15) is 14.9 Å². The van der Waals surface area contributed by atoms with Gasteiger partial charge in [-0.2, -0.15) is 4.99 Å². The normalized spacial score (nSPS) is 14.3. The average molecular weight is 487 g/mol. The molecule has 1 heterocycles. The zero-order valence-electron chi connectivity index (χ0n) is 20.0. The van der Waals surface area contributed by atoms with Crippen molar-refractivity contribution in [3.05, 3.63) is 57.1 Å². The monoisotopic (exact) mass is 486 g/mol. The quantitative estimate of drug-likeness (QED) is 0.229. The number of non-ortho nitro benzene ring substituents is 1. The molecule has 3 rings (SSSR count). The third kappa shape index (κ3) is 6.16. The lowest BCUT2D eigenvalue weighted by molar-refractivity contribution is -0.384. The van der Waals surface area contributed by atoms with Gasteiger partial charge in [-0.1, -0.05) is 12.1 Å². The van der Waals surface area contributed by atoms with Gasteiger partial charge in [-0.25, -0.2) is 0 Å². The Morgan fingerprint density at radius 2 is 1.51 bits per heavy atom. The first-order chi connectivity index (χ1) is 16.8. The molecule has 0 atom stereocenters. The number of guanidine groups is 1. The van der Waals surface area contributed by atoms with Crippen LogP contribution in [0.4, 0.5) is 5.69 Å². The largest absolute Gasteiger partial charge is 0.493 e. The molecule has 35 heavy (non-hydrogen) atoms. The number of carbonyl (C=O) groups excluding carboxylic acids is 1. The van der Waals surface area contributed by atoms with Gasteiger partial charge < -0.3 is 25.7 Å². The number of nitro benzene ring substituents is 1. The Bertz CT molecular complexity index is 1110. The molecule has 0 spiro atoms. The molecule has 4 N–H and O–H groups in total. The van der Waals surface area contributed by atoms with Crippen molar-refractivity contribution in [3.8, 4) is 17.2 Å². The number of nitro groups is 1. The number of nitrogens with two attached hydrogens (primary N) is 2. The van der Waals surface area contributed by atoms with Crippen LogP contribution in [-0.4, -0.2) is 74.1 Å². The van der Waals surface area contributed by atoms with Crippen molar-refractivity contribution < 1.29 is 23.9 Å². The molecule has 0 aromatic heterocycles. The minimum atomic E-state index is -0.706. The van der Waals surface area contributed by atoms with Crippen molar-refractivity contribution in [1.82, 2.24) is 9.80 Å². The van der Waals surface area contributed by atoms with Gasteiger partial charge in [0.15, 0.2) is 17.5 Å². The number of hydrogen-bond acceptors (Lipinski definition) is 8. The van der Waals surface area contributed by atoms with Crippen LogP contribution < -0.4 is 25.7 Å². The molecule has 12 heteroatoms. The molecule has 0 bridgehead atoms. The second kappa shape index (κ2) is 11.5. The average Bonchev–Trinajstić information content (AvgIpc) is 2.84. The van der Waals surface area contributed by atoms with E-state index in [0.29, 0.717) is 35.9 Å². The van der Waals surface area contributed by atoms with E-state index in [1.807, 2.05) is 12.1 Å². The van der Waals surface area contributed by atoms with Crippen LogP contribution >= 0.6 is 0 Å². The van der Waals surface area contributed by atoms with Crippen LogP contribution in [-0.2, 0) is 13.1 Å². The van der Waals surface area contributed by atoms with Crippen LogP contribution in [0.1, 0.15) is 21.5 Å². The molecule has 2 aromatic rings. The summed E-state index contributed by atoms with van der Waals surface area (Å²) in [5.41, 5.74) is 12.2. The third-order valence-corrected chi connectivity index (χ3v) is 5.80. The fourth-order valence-corrected chi connectivity index (χ4v) is 4.07. The second-order valence-electron chi connectivity index (χ2n) is 7.99. The van der Waals surface area contributed by atoms with Crippen LogP contribution in [0.3, 0.4) is 0 Å². The number of rotatable bonds is 9. The van der Waals surface area contributed by atoms with Gasteiger partial charge in [-0.05, 0) is 11.6 Å². The number of benzene rings is 2. The van der Waals surface area contributed by atoms with Gasteiger partial charge in [-0.3, -0.25) is 24.7 Å². The molecule has 1 aliphatic heterocycles. The first kappa shape index (κ1) is 25.7. The topological polar surface area (TPSA) is 159 Å². The second-order valence-corrected chi connectivity index (χ2v) is 7.99. The summed E-state index contributed by atoms with van der Waals surface area (Å²) in [5, 5.41) is 11.2. The first-order valence-electron chi connectivity index (χ1n) is 10.9. The number of piperazine rings is 1. The van der Waals surface area contributed by atoms with Crippen molar-refractivity contribution in [2.75, 3.05) is 47.5 Å². The molecule has 0 saturated carbocycles. The zero-order valence-corrected chi connectivity index (χ0v) is 20.0. The lowest BCUT2D eigenvalue weighted by Gasteiger charge is -2.35. The van der Waals surface area contributed by atoms with Crippen LogP contribution in [0.2, 0.25) is 0 Å². The molecule has 0 radical (unpaired) electrons. The molecule has 1 amide bonds. The predicted octanol–water partition coefficient (Wildman–Crippen LogP) is 1.35. The predicted molar refractivity (Wildman–Crippen MR) is 130 cm³/mol. The summed E-state index contributed by atoms with van der Waals surface area (Å²) in [5.74, 6) is 0.701. The molecule has 1 saturated heterocycles. The highest BCUT2D eigenvalue weighted by molar-refractivity contribution is 6.03. The summed E-state index contributed by atoms with van der Waals surface area (Å²) in [4.78, 5) is 31.1. The molecule has 2 aromatic carbocycles. The van der Waals surface area contributed by atoms with Crippen molar-refractivity contribution in [2.24, 2.45) is 16.5 Å². The maximum atomic E-state index is 12.5. The number of amides is 1. The number of carbonyl (C=O) groups is 1. The summed E-state index contributed by atoms with van der Waals surface area (Å²) >= 11 is 0. The maximum absolute atomic E-state index is 12.5. The van der Waals surface area contributed by atoms with E-state index in [4.69, 9.17) is 25.7 Å². The summed E-state index contributed by atoms with van der Waals surface area (Å²) in [6.07, 6.45) is 0. The standard InChI is InChI=1S/C23H30N6O6/c1-33-19-7-5-16(20(34-2)21(19)35-3)14-28-10-8-27(9-11-28)13-15-4-6-17(29(31)32)12-18(15)22(30)26-23(24)25/h4-7,12H,8-11,13-14H2,1-3H3,(H4,24,25,26,30). The van der Waals surface area contributed by atoms with Crippen LogP contribution in [0, 0.1) is 10.1 Å². The SMILES string of the molecule is COc1ccc(CN2CCN(Cc3ccc([N+](=O)[O-])cc3C(=O)N=C(N)N)CC2)c(OC)c1OC. The van der Waals surface area contributed by atoms with E-state index in [0.717, 1.165) is 31.7 Å². The van der Waals surface area contributed by atoms with Crippen LogP contribution in [0.25, 0.3) is 0 Å². The van der Waals surface area contributed by atoms with Crippen molar-refractivity contribution >= 4 is 17.6 Å². The number of nitrogens with zero attached hydrogens (tertiary/aromatic N) is 4. The van der Waals surface area contributed by atoms with Gasteiger partial charge >= 0.3 is 0 Å². The number of aliphatic imine (C=N–C) groups is 1. The Hall–Kier alpha value is -3.90. The van der Waals surface area contributed by atoms with E-state index in [1.165, 1.54) is 12.1 Å². The maximum Gasteiger partial charge on any atom is 0.280 e. The molecule has 0 unspecified atom stereocenters. The highest BCUT2D eigenvalue weighted by atomic mass is 16.6. The summed E-state index contributed by atoms with van der Waals surface area (Å²) < 4.78 is 16.4. The summed E-state index contributed by atoms with van der Waals surface area (Å²) in [6.45, 7) is 4.14. The Balaban J connectivity index is 1.70. The fraction of sp³-hybridized carbons (Fsp3) is 0.391. The highest BCUT2D eigenvalue weighted by Gasteiger charge is 2.23. The van der Waals surface area contributed by atoms with Crippen molar-refractivity contribution in [3.63, 3.8) is 0 Å². The van der Waals surface area contributed by atoms with Crippen molar-refractivity contribution in [1.29, 1.82) is 0 Å². The summed E-state index contributed by atoms with van der Waals surface area (Å²) in [6, 6.07) is 7.99. The van der Waals surface area contributed by atoms with Gasteiger partial charge in [0, 0.05) is 57.0 Å². The van der Waals surface area contributed by atoms with E-state index >= 15 is 0 Å². The smallest absolute Gasteiger partial charge is 0.280 e. The molecule has 12 nitrogen and oxygen atoms in total. The Morgan fingerprint density at radius 3 is 2.03 bits per heavy atom. The fourth-order valence-electron chi connectivity index (χ4n) is 4.07. The molecule has 1 fully saturated rings. The molecule has 1 aliphatic rings. The van der Waals surface area contributed by atoms with Crippen LogP contribution in [0.15, 0.2) is 35.3 Å². The van der Waals surface area contributed by atoms with E-state index in [1.54, 1.807) is 27.4 Å². The number of ether oxygens (including phenoxy) is 3. The molecule has 0 aliphatic carbocycles. The lowest BCUT2D eigenvalue weighted by atomic mass is 10.0. The van der Waals surface area contributed by atoms with Gasteiger partial charge in [0.05, 0.1) is 31.8 Å². The van der Waals surface area contributed by atoms with Crippen LogP contribution in [0.5, 0.6) is 17.2 Å². The number of methoxy groups -OCH3 is 3. The highest BCUT2D eigenvalue weighted by Crippen LogP contribution is 2.40. The van der Waals surface area contributed by atoms with E-state index in [-0.39, 0.29) is 11.3 Å². The minimum Gasteiger partial charge on any atom is -0.493 e. The Morgan fingerprint density at radius 1 is 0.943 bits per heavy atom. The third-order valence-electron chi connectivity index (χ3n) is 5.80. The van der Waals surface area contributed by atoms with Gasteiger partial charge in [-0.15, -0.1) is 0 Å². The van der Waals surface area contributed by atoms with Gasteiger partial charge in [0.1, 0.15) is 0 Å².